The van der Waals surface area contributed by atoms with Crippen molar-refractivity contribution in [3.8, 4) is 11.3 Å². The molecule has 0 aliphatic carbocycles. The SMILES string of the molecule is Cc1cc2nc(CC(=O)c3ccc(C(C)(C)O)cc3)cc(-c3ccc4c(c3)CNCC4)n2n1. The van der Waals surface area contributed by atoms with Crippen molar-refractivity contribution in [1.29, 1.82) is 0 Å². The predicted octanol–water partition coefficient (Wildman–Crippen LogP) is 4.00. The van der Waals surface area contributed by atoms with Crippen LogP contribution >= 0.6 is 0 Å². The summed E-state index contributed by atoms with van der Waals surface area (Å²) in [4.78, 5) is 17.7. The van der Waals surface area contributed by atoms with Crippen molar-refractivity contribution in [3.05, 3.63) is 88.2 Å². The third-order valence-corrected chi connectivity index (χ3v) is 6.25. The van der Waals surface area contributed by atoms with E-state index in [1.807, 2.05) is 23.6 Å². The Bertz CT molecular complexity index is 1350. The summed E-state index contributed by atoms with van der Waals surface area (Å²) >= 11 is 0. The Kier molecular flexibility index (Phi) is 5.35. The lowest BCUT2D eigenvalue weighted by Crippen LogP contribution is -2.23. The van der Waals surface area contributed by atoms with Gasteiger partial charge in [0.1, 0.15) is 0 Å². The lowest BCUT2D eigenvalue weighted by molar-refractivity contribution is 0.0784. The summed E-state index contributed by atoms with van der Waals surface area (Å²) in [5.41, 5.74) is 7.46. The highest BCUT2D eigenvalue weighted by molar-refractivity contribution is 5.97. The standard InChI is InChI=1S/C27H28N4O2/c1-17-12-26-29-23(15-25(32)19-6-8-22(9-7-19)27(2,3)33)14-24(31(26)30-17)20-5-4-18-10-11-28-16-21(18)13-20/h4-9,12-14,28,33H,10-11,15-16H2,1-3H3. The van der Waals surface area contributed by atoms with E-state index in [2.05, 4.69) is 28.6 Å². The number of carbonyl (C=O) groups excluding carboxylic acids is 1. The second kappa shape index (κ2) is 8.21. The summed E-state index contributed by atoms with van der Waals surface area (Å²) in [6, 6.07) is 17.6. The zero-order chi connectivity index (χ0) is 23.2. The molecule has 1 aliphatic heterocycles. The molecule has 0 amide bonds. The number of nitrogens with zero attached hydrogens (tertiary/aromatic N) is 3. The van der Waals surface area contributed by atoms with Gasteiger partial charge in [-0.3, -0.25) is 4.79 Å². The first kappa shape index (κ1) is 21.5. The minimum atomic E-state index is -0.937. The third-order valence-electron chi connectivity index (χ3n) is 6.25. The van der Waals surface area contributed by atoms with E-state index in [4.69, 9.17) is 4.98 Å². The van der Waals surface area contributed by atoms with Gasteiger partial charge in [0, 0.05) is 23.7 Å². The highest BCUT2D eigenvalue weighted by Crippen LogP contribution is 2.26. The van der Waals surface area contributed by atoms with E-state index in [-0.39, 0.29) is 12.2 Å². The molecule has 0 atom stereocenters. The van der Waals surface area contributed by atoms with Crippen LogP contribution < -0.4 is 5.32 Å². The first-order chi connectivity index (χ1) is 15.8. The normalized spacial score (nSPS) is 13.8. The zero-order valence-corrected chi connectivity index (χ0v) is 19.2. The van der Waals surface area contributed by atoms with Crippen LogP contribution in [0, 0.1) is 6.92 Å². The summed E-state index contributed by atoms with van der Waals surface area (Å²) in [7, 11) is 0. The van der Waals surface area contributed by atoms with Gasteiger partial charge in [0.15, 0.2) is 11.4 Å². The molecule has 2 N–H and O–H groups in total. The Balaban J connectivity index is 1.50. The number of aryl methyl sites for hydroxylation is 1. The van der Waals surface area contributed by atoms with E-state index in [9.17, 15) is 9.90 Å². The highest BCUT2D eigenvalue weighted by Gasteiger charge is 2.18. The maximum Gasteiger partial charge on any atom is 0.168 e. The van der Waals surface area contributed by atoms with E-state index < -0.39 is 5.60 Å². The van der Waals surface area contributed by atoms with Gasteiger partial charge in [0.2, 0.25) is 0 Å². The van der Waals surface area contributed by atoms with Crippen molar-refractivity contribution in [1.82, 2.24) is 19.9 Å². The molecule has 33 heavy (non-hydrogen) atoms. The van der Waals surface area contributed by atoms with Gasteiger partial charge in [-0.2, -0.15) is 5.10 Å². The van der Waals surface area contributed by atoms with Gasteiger partial charge in [-0.1, -0.05) is 36.4 Å². The predicted molar refractivity (Wildman–Crippen MR) is 128 cm³/mol. The number of aromatic nitrogens is 3. The number of aliphatic hydroxyl groups is 1. The molecule has 2 aromatic carbocycles. The maximum atomic E-state index is 13.0. The van der Waals surface area contributed by atoms with Gasteiger partial charge in [-0.15, -0.1) is 0 Å². The molecule has 0 spiro atoms. The number of ketones is 1. The largest absolute Gasteiger partial charge is 0.386 e. The van der Waals surface area contributed by atoms with Crippen LogP contribution in [0.2, 0.25) is 0 Å². The molecule has 5 rings (SSSR count). The lowest BCUT2D eigenvalue weighted by Gasteiger charge is -2.18. The van der Waals surface area contributed by atoms with Gasteiger partial charge < -0.3 is 10.4 Å². The quantitative estimate of drug-likeness (QED) is 0.459. The lowest BCUT2D eigenvalue weighted by atomic mass is 9.95. The molecule has 0 bridgehead atoms. The molecule has 3 heterocycles. The van der Waals surface area contributed by atoms with Crippen molar-refractivity contribution in [2.24, 2.45) is 0 Å². The smallest absolute Gasteiger partial charge is 0.168 e. The van der Waals surface area contributed by atoms with Crippen LogP contribution in [0.4, 0.5) is 0 Å². The number of nitrogens with one attached hydrogen (secondary N) is 1. The second-order valence-electron chi connectivity index (χ2n) is 9.34. The van der Waals surface area contributed by atoms with E-state index >= 15 is 0 Å². The molecule has 0 fully saturated rings. The number of hydrogen-bond donors (Lipinski definition) is 2. The van der Waals surface area contributed by atoms with Gasteiger partial charge in [-0.25, -0.2) is 9.50 Å². The third kappa shape index (κ3) is 4.32. The van der Waals surface area contributed by atoms with Crippen LogP contribution in [-0.2, 0) is 25.0 Å². The Hall–Kier alpha value is -3.35. The molecule has 6 nitrogen and oxygen atoms in total. The number of hydrogen-bond acceptors (Lipinski definition) is 5. The van der Waals surface area contributed by atoms with Gasteiger partial charge >= 0.3 is 0 Å². The fourth-order valence-corrected chi connectivity index (χ4v) is 4.41. The molecule has 0 saturated heterocycles. The number of benzene rings is 2. The first-order valence-electron chi connectivity index (χ1n) is 11.3. The molecule has 6 heteroatoms. The van der Waals surface area contributed by atoms with Crippen LogP contribution in [0.15, 0.2) is 54.6 Å². The molecule has 1 aliphatic rings. The molecule has 4 aromatic rings. The Labute approximate surface area is 193 Å². The fourth-order valence-electron chi connectivity index (χ4n) is 4.41. The maximum absolute atomic E-state index is 13.0. The molecule has 0 saturated carbocycles. The van der Waals surface area contributed by atoms with Crippen molar-refractivity contribution in [2.75, 3.05) is 6.54 Å². The second-order valence-corrected chi connectivity index (χ2v) is 9.34. The van der Waals surface area contributed by atoms with Crippen LogP contribution in [0.1, 0.15) is 52.3 Å². The zero-order valence-electron chi connectivity index (χ0n) is 19.2. The van der Waals surface area contributed by atoms with Crippen molar-refractivity contribution in [2.45, 2.75) is 45.8 Å². The fraction of sp³-hybridized carbons (Fsp3) is 0.296. The summed E-state index contributed by atoms with van der Waals surface area (Å²) in [5.74, 6) is -0.00836. The molecular formula is C27H28N4O2. The van der Waals surface area contributed by atoms with Crippen molar-refractivity contribution in [3.63, 3.8) is 0 Å². The minimum absolute atomic E-state index is 0.00836. The van der Waals surface area contributed by atoms with Crippen LogP contribution in [-0.4, -0.2) is 32.0 Å². The molecule has 2 aromatic heterocycles. The van der Waals surface area contributed by atoms with Gasteiger partial charge in [0.25, 0.3) is 0 Å². The highest BCUT2D eigenvalue weighted by atomic mass is 16.3. The number of rotatable bonds is 5. The Morgan fingerprint density at radius 2 is 1.88 bits per heavy atom. The number of Topliss-reactive ketones (excluding diaryl/α,β-unsaturated/α-hetero) is 1. The Morgan fingerprint density at radius 3 is 2.64 bits per heavy atom. The van der Waals surface area contributed by atoms with Crippen molar-refractivity contribution >= 4 is 11.4 Å². The molecule has 0 unspecified atom stereocenters. The monoisotopic (exact) mass is 440 g/mol. The Morgan fingerprint density at radius 1 is 1.09 bits per heavy atom. The minimum Gasteiger partial charge on any atom is -0.386 e. The summed E-state index contributed by atoms with van der Waals surface area (Å²) in [6.45, 7) is 7.28. The van der Waals surface area contributed by atoms with Crippen LogP contribution in [0.25, 0.3) is 16.9 Å². The van der Waals surface area contributed by atoms with E-state index in [0.29, 0.717) is 11.3 Å². The molecule has 0 radical (unpaired) electrons. The number of fused-ring (bicyclic) bond motifs is 2. The van der Waals surface area contributed by atoms with Gasteiger partial charge in [0.05, 0.1) is 29.1 Å². The number of carbonyl (C=O) groups is 1. The van der Waals surface area contributed by atoms with Gasteiger partial charge in [-0.05, 0) is 62.6 Å². The summed E-state index contributed by atoms with van der Waals surface area (Å²) in [6.07, 6.45) is 1.23. The summed E-state index contributed by atoms with van der Waals surface area (Å²) < 4.78 is 1.86. The molecule has 168 valence electrons. The van der Waals surface area contributed by atoms with E-state index in [0.717, 1.165) is 47.7 Å². The summed E-state index contributed by atoms with van der Waals surface area (Å²) in [5, 5.41) is 18.2. The molecular weight excluding hydrogens is 412 g/mol. The average Bonchev–Trinajstić information content (AvgIpc) is 3.17. The van der Waals surface area contributed by atoms with Crippen molar-refractivity contribution < 1.29 is 9.90 Å². The van der Waals surface area contributed by atoms with Crippen LogP contribution in [0.5, 0.6) is 0 Å². The van der Waals surface area contributed by atoms with Crippen LogP contribution in [0.3, 0.4) is 0 Å². The topological polar surface area (TPSA) is 79.5 Å². The van der Waals surface area contributed by atoms with E-state index in [1.54, 1.807) is 38.1 Å². The van der Waals surface area contributed by atoms with E-state index in [1.165, 1.54) is 11.1 Å². The average molecular weight is 441 g/mol. The first-order valence-corrected chi connectivity index (χ1v) is 11.3.